The number of hydrogen-bond donors (Lipinski definition) is 2. The van der Waals surface area contributed by atoms with Gasteiger partial charge >= 0.3 is 17.9 Å². The molecular weight excluding hydrogens is 757 g/mol. The molecule has 0 bridgehead atoms. The number of carbonyl (C=O) groups is 5. The van der Waals surface area contributed by atoms with Crippen molar-refractivity contribution in [1.82, 2.24) is 10.2 Å². The number of likely N-dealkylation sites (N-methyl/N-ethyl adjacent to an activating group) is 1. The molecule has 2 fully saturated rings. The van der Waals surface area contributed by atoms with Gasteiger partial charge in [-0.1, -0.05) is 95.8 Å². The number of aliphatic hydroxyl groups excluding tert-OH is 1. The van der Waals surface area contributed by atoms with Crippen LogP contribution < -0.4 is 5.32 Å². The minimum atomic E-state index is -1.03. The Hall–Kier alpha value is -4.85. The highest BCUT2D eigenvalue weighted by atomic mass is 16.8. The van der Waals surface area contributed by atoms with E-state index in [4.69, 9.17) is 23.7 Å². The normalized spacial score (nSPS) is 22.2. The average Bonchev–Trinajstić information content (AvgIpc) is 3.73. The molecule has 2 aliphatic heterocycles. The highest BCUT2D eigenvalue weighted by Crippen LogP contribution is 2.43. The fraction of sp³-hybridized carbons (Fsp3) is 0.543. The van der Waals surface area contributed by atoms with Crippen molar-refractivity contribution < 1.29 is 52.8 Å². The molecule has 0 spiro atoms. The van der Waals surface area contributed by atoms with Crippen molar-refractivity contribution in [3.8, 4) is 0 Å². The molecule has 5 unspecified atom stereocenters. The Morgan fingerprint density at radius 3 is 2.32 bits per heavy atom. The summed E-state index contributed by atoms with van der Waals surface area (Å²) in [5.74, 6) is -3.73. The zero-order chi connectivity index (χ0) is 42.6. The number of benzene rings is 2. The van der Waals surface area contributed by atoms with Crippen LogP contribution in [-0.4, -0.2) is 103 Å². The quantitative estimate of drug-likeness (QED) is 0.0711. The lowest BCUT2D eigenvalue weighted by Gasteiger charge is -2.33. The lowest BCUT2D eigenvalue weighted by atomic mass is 9.90. The summed E-state index contributed by atoms with van der Waals surface area (Å²) in [6.45, 7) is 7.76. The number of rotatable bonds is 20. The van der Waals surface area contributed by atoms with E-state index in [0.717, 1.165) is 44.1 Å². The fourth-order valence-corrected chi connectivity index (χ4v) is 7.73. The van der Waals surface area contributed by atoms with Gasteiger partial charge in [-0.25, -0.2) is 14.4 Å². The molecule has 2 heterocycles. The van der Waals surface area contributed by atoms with Crippen LogP contribution in [0.3, 0.4) is 0 Å². The number of esters is 3. The molecule has 2 aromatic rings. The van der Waals surface area contributed by atoms with Crippen LogP contribution in [0.1, 0.15) is 107 Å². The molecule has 13 nitrogen and oxygen atoms in total. The molecule has 0 radical (unpaired) electrons. The minimum absolute atomic E-state index is 0.0150. The van der Waals surface area contributed by atoms with Crippen LogP contribution in [0.25, 0.3) is 6.08 Å². The summed E-state index contributed by atoms with van der Waals surface area (Å²) < 4.78 is 30.3. The molecular formula is C46H60N2O11. The van der Waals surface area contributed by atoms with Crippen LogP contribution in [0.5, 0.6) is 0 Å². The molecule has 13 heteroatoms. The largest absolute Gasteiger partial charge is 0.462 e. The Morgan fingerprint density at radius 2 is 1.68 bits per heavy atom. The third-order valence-corrected chi connectivity index (χ3v) is 11.1. The maximum atomic E-state index is 14.4. The Bertz CT molecular complexity index is 1830. The molecule has 2 saturated heterocycles. The fourth-order valence-electron chi connectivity index (χ4n) is 7.73. The summed E-state index contributed by atoms with van der Waals surface area (Å²) in [5.41, 5.74) is 1.24. The van der Waals surface area contributed by atoms with E-state index in [0.29, 0.717) is 24.0 Å². The Kier molecular flexibility index (Phi) is 16.0. The SMILES string of the molecule is CCCCCC1(CCCCC)OC2C=C(C(=O)N(C)C(Cc3ccccc3)C(=O)NCCO)CC(OC(=O)c3cccc(C=CC(=O)OC4C(=O)OCC4(C)C)c3)C2O1. The molecule has 5 atom stereocenters. The number of nitrogens with one attached hydrogen (secondary N) is 1. The number of carbonyl (C=O) groups excluding carboxylic acids is 5. The lowest BCUT2D eigenvalue weighted by molar-refractivity contribution is -0.190. The molecule has 2 amide bonds. The van der Waals surface area contributed by atoms with Gasteiger partial charge in [0.05, 0.1) is 12.2 Å². The van der Waals surface area contributed by atoms with Gasteiger partial charge in [-0.2, -0.15) is 0 Å². The molecule has 1 aliphatic carbocycles. The number of fused-ring (bicyclic) bond motifs is 1. The smallest absolute Gasteiger partial charge is 0.348 e. The highest BCUT2D eigenvalue weighted by Gasteiger charge is 2.53. The number of ether oxygens (including phenoxy) is 5. The summed E-state index contributed by atoms with van der Waals surface area (Å²) in [7, 11) is 1.57. The maximum Gasteiger partial charge on any atom is 0.348 e. The summed E-state index contributed by atoms with van der Waals surface area (Å²) in [4.78, 5) is 68.0. The topological polar surface area (TPSA) is 167 Å². The van der Waals surface area contributed by atoms with Crippen molar-refractivity contribution in [3.63, 3.8) is 0 Å². The molecule has 59 heavy (non-hydrogen) atoms. The number of amides is 2. The van der Waals surface area contributed by atoms with E-state index in [1.54, 1.807) is 51.2 Å². The zero-order valence-corrected chi connectivity index (χ0v) is 35.0. The van der Waals surface area contributed by atoms with E-state index in [-0.39, 0.29) is 38.2 Å². The third kappa shape index (κ3) is 11.9. The van der Waals surface area contributed by atoms with Crippen LogP contribution in [-0.2, 0) is 49.3 Å². The third-order valence-electron chi connectivity index (χ3n) is 11.1. The molecule has 0 saturated carbocycles. The van der Waals surface area contributed by atoms with Crippen LogP contribution >= 0.6 is 0 Å². The van der Waals surface area contributed by atoms with Gasteiger partial charge in [-0.3, -0.25) is 9.59 Å². The predicted molar refractivity (Wildman–Crippen MR) is 220 cm³/mol. The summed E-state index contributed by atoms with van der Waals surface area (Å²) in [5, 5.41) is 12.1. The molecule has 320 valence electrons. The number of cyclic esters (lactones) is 1. The van der Waals surface area contributed by atoms with E-state index in [1.807, 2.05) is 30.3 Å². The van der Waals surface area contributed by atoms with E-state index < -0.39 is 71.4 Å². The van der Waals surface area contributed by atoms with E-state index in [9.17, 15) is 29.1 Å². The maximum absolute atomic E-state index is 14.4. The Balaban J connectivity index is 1.39. The van der Waals surface area contributed by atoms with Crippen LogP contribution in [0, 0.1) is 5.41 Å². The van der Waals surface area contributed by atoms with E-state index in [2.05, 4.69) is 19.2 Å². The first-order valence-electron chi connectivity index (χ1n) is 20.9. The predicted octanol–water partition coefficient (Wildman–Crippen LogP) is 5.87. The second-order valence-corrected chi connectivity index (χ2v) is 16.3. The van der Waals surface area contributed by atoms with Gasteiger partial charge in [0.1, 0.15) is 31.0 Å². The van der Waals surface area contributed by atoms with Crippen LogP contribution in [0.4, 0.5) is 0 Å². The number of hydrogen-bond acceptors (Lipinski definition) is 11. The summed E-state index contributed by atoms with van der Waals surface area (Å²) >= 11 is 0. The van der Waals surface area contributed by atoms with Gasteiger partial charge in [0.2, 0.25) is 17.9 Å². The molecule has 2 N–H and O–H groups in total. The minimum Gasteiger partial charge on any atom is -0.462 e. The van der Waals surface area contributed by atoms with Gasteiger partial charge in [0.15, 0.2) is 5.79 Å². The van der Waals surface area contributed by atoms with Crippen molar-refractivity contribution >= 4 is 35.8 Å². The Morgan fingerprint density at radius 1 is 0.966 bits per heavy atom. The number of nitrogens with zero attached hydrogens (tertiary/aromatic N) is 1. The second kappa shape index (κ2) is 20.9. The van der Waals surface area contributed by atoms with E-state index in [1.165, 1.54) is 17.1 Å². The summed E-state index contributed by atoms with van der Waals surface area (Å²) in [6, 6.07) is 15.0. The monoisotopic (exact) mass is 816 g/mol. The first kappa shape index (κ1) is 45.2. The molecule has 2 aromatic carbocycles. The van der Waals surface area contributed by atoms with Crippen LogP contribution in [0.2, 0.25) is 0 Å². The van der Waals surface area contributed by atoms with Crippen LogP contribution in [0.15, 0.2) is 72.3 Å². The second-order valence-electron chi connectivity index (χ2n) is 16.3. The van der Waals surface area contributed by atoms with Gasteiger partial charge in [-0.05, 0) is 48.3 Å². The number of unbranched alkanes of at least 4 members (excludes halogenated alkanes) is 4. The molecule has 3 aliphatic rings. The summed E-state index contributed by atoms with van der Waals surface area (Å²) in [6.07, 6.45) is 8.43. The van der Waals surface area contributed by atoms with Crippen molar-refractivity contribution in [1.29, 1.82) is 0 Å². The lowest BCUT2D eigenvalue weighted by Crippen LogP contribution is -2.51. The Labute approximate surface area is 347 Å². The first-order valence-corrected chi connectivity index (χ1v) is 20.9. The van der Waals surface area contributed by atoms with Gasteiger partial charge in [0, 0.05) is 56.3 Å². The van der Waals surface area contributed by atoms with Gasteiger partial charge in [-0.15, -0.1) is 0 Å². The standard InChI is InChI=1S/C46H60N2O11/c1-6-8-13-22-46(23-14-9-7-2)58-37-29-34(42(52)48(5)35(41(51)47-24-25-49)27-31-16-11-10-12-17-31)28-36(39(37)59-46)56-43(53)33-19-15-18-32(26-33)20-21-38(50)57-40-44(54)55-30-45(40,3)4/h10-12,15-21,26,29,35-37,39-40,49H,6-9,13-14,22-25,27-28,30H2,1-5H3,(H,47,51). The zero-order valence-electron chi connectivity index (χ0n) is 35.0. The van der Waals surface area contributed by atoms with Crippen molar-refractivity contribution in [2.24, 2.45) is 5.41 Å². The van der Waals surface area contributed by atoms with Gasteiger partial charge < -0.3 is 39.0 Å². The number of aliphatic hydroxyl groups is 1. The van der Waals surface area contributed by atoms with Gasteiger partial charge in [0.25, 0.3) is 0 Å². The highest BCUT2D eigenvalue weighted by molar-refractivity contribution is 5.97. The van der Waals surface area contributed by atoms with E-state index >= 15 is 0 Å². The van der Waals surface area contributed by atoms with Crippen molar-refractivity contribution in [3.05, 3.63) is 89.0 Å². The first-order chi connectivity index (χ1) is 28.3. The molecule has 0 aromatic heterocycles. The van der Waals surface area contributed by atoms with Crippen molar-refractivity contribution in [2.75, 3.05) is 26.8 Å². The van der Waals surface area contributed by atoms with Crippen molar-refractivity contribution in [2.45, 2.75) is 128 Å². The molecule has 5 rings (SSSR count). The average molecular weight is 817 g/mol.